The molecule has 2 aromatic heterocycles. The molecule has 0 aliphatic carbocycles. The predicted molar refractivity (Wildman–Crippen MR) is 105 cm³/mol. The van der Waals surface area contributed by atoms with E-state index >= 15 is 0 Å². The van der Waals surface area contributed by atoms with Gasteiger partial charge in [0.05, 0.1) is 18.4 Å². The molecule has 0 saturated carbocycles. The zero-order valence-corrected chi connectivity index (χ0v) is 16.4. The van der Waals surface area contributed by atoms with Crippen LogP contribution in [-0.4, -0.2) is 33.2 Å². The van der Waals surface area contributed by atoms with E-state index in [-0.39, 0.29) is 11.0 Å². The van der Waals surface area contributed by atoms with Gasteiger partial charge >= 0.3 is 0 Å². The van der Waals surface area contributed by atoms with Crippen molar-refractivity contribution in [2.75, 3.05) is 13.7 Å². The van der Waals surface area contributed by atoms with Crippen LogP contribution in [-0.2, 0) is 24.9 Å². The van der Waals surface area contributed by atoms with E-state index in [0.717, 1.165) is 42.2 Å². The Morgan fingerprint density at radius 2 is 1.96 bits per heavy atom. The first-order valence-corrected chi connectivity index (χ1v) is 9.34. The summed E-state index contributed by atoms with van der Waals surface area (Å²) in [4.78, 5) is 20.1. The molecule has 0 saturated heterocycles. The number of aromatic nitrogens is 3. The van der Waals surface area contributed by atoms with Gasteiger partial charge in [-0.2, -0.15) is 0 Å². The largest absolute Gasteiger partial charge is 0.497 e. The minimum atomic E-state index is -0.0545. The highest BCUT2D eigenvalue weighted by Gasteiger charge is 2.24. The van der Waals surface area contributed by atoms with Crippen LogP contribution in [0.4, 0.5) is 0 Å². The smallest absolute Gasteiger partial charge is 0.277 e. The summed E-state index contributed by atoms with van der Waals surface area (Å²) >= 11 is 0. The van der Waals surface area contributed by atoms with Crippen molar-refractivity contribution in [1.82, 2.24) is 19.5 Å². The normalized spacial score (nSPS) is 15.1. The molecule has 0 fully saturated rings. The predicted octanol–water partition coefficient (Wildman–Crippen LogP) is 2.89. The second-order valence-electron chi connectivity index (χ2n) is 8.26. The van der Waals surface area contributed by atoms with Crippen molar-refractivity contribution in [1.29, 1.82) is 0 Å². The number of methoxy groups -OCH3 is 1. The van der Waals surface area contributed by atoms with Gasteiger partial charge in [-0.3, -0.25) is 14.8 Å². The highest BCUT2D eigenvalue weighted by atomic mass is 16.5. The maximum absolute atomic E-state index is 13.0. The fourth-order valence-electron chi connectivity index (χ4n) is 3.55. The number of hydrogen-bond donors (Lipinski definition) is 1. The minimum Gasteiger partial charge on any atom is -0.497 e. The third-order valence-electron chi connectivity index (χ3n) is 5.21. The number of rotatable bonds is 3. The number of nitrogens with one attached hydrogen (secondary N) is 1. The van der Waals surface area contributed by atoms with Gasteiger partial charge in [-0.1, -0.05) is 32.9 Å². The third-order valence-corrected chi connectivity index (χ3v) is 5.21. The maximum atomic E-state index is 13.0. The summed E-state index contributed by atoms with van der Waals surface area (Å²) in [7, 11) is 1.67. The molecule has 0 atom stereocenters. The van der Waals surface area contributed by atoms with Crippen LogP contribution in [0.5, 0.6) is 5.75 Å². The van der Waals surface area contributed by atoms with E-state index in [9.17, 15) is 4.79 Å². The Morgan fingerprint density at radius 1 is 1.22 bits per heavy atom. The first-order valence-electron chi connectivity index (χ1n) is 9.34. The van der Waals surface area contributed by atoms with Gasteiger partial charge in [0, 0.05) is 43.2 Å². The van der Waals surface area contributed by atoms with Crippen LogP contribution >= 0.6 is 0 Å². The standard InChI is InChI=1S/C21H26N4O2/c1-21(2,3)18-11-19-22-17-9-10-24(13-16(17)20(26)25(19)23-18)12-14-5-7-15(27-4)8-6-14/h5-8,11,23H,9-10,12-13H2,1-4H3. The highest BCUT2D eigenvalue weighted by Crippen LogP contribution is 2.23. The summed E-state index contributed by atoms with van der Waals surface area (Å²) in [6.07, 6.45) is 0.799. The fourth-order valence-corrected chi connectivity index (χ4v) is 3.55. The Bertz CT molecular complexity index is 1030. The summed E-state index contributed by atoms with van der Waals surface area (Å²) in [5.74, 6) is 0.856. The molecule has 6 nitrogen and oxygen atoms in total. The van der Waals surface area contributed by atoms with Gasteiger partial charge < -0.3 is 4.74 Å². The van der Waals surface area contributed by atoms with Crippen molar-refractivity contribution >= 4 is 5.65 Å². The number of aromatic amines is 1. The van der Waals surface area contributed by atoms with Crippen LogP contribution in [0.15, 0.2) is 35.1 Å². The van der Waals surface area contributed by atoms with Gasteiger partial charge in [0.25, 0.3) is 5.56 Å². The number of benzene rings is 1. The Kier molecular flexibility index (Phi) is 4.30. The number of ether oxygens (including phenoxy) is 1. The summed E-state index contributed by atoms with van der Waals surface area (Å²) < 4.78 is 6.81. The van der Waals surface area contributed by atoms with Crippen molar-refractivity contribution in [3.63, 3.8) is 0 Å². The SMILES string of the molecule is COc1ccc(CN2CCc3nc4cc(C(C)(C)C)[nH]n4c(=O)c3C2)cc1. The Morgan fingerprint density at radius 3 is 2.63 bits per heavy atom. The lowest BCUT2D eigenvalue weighted by molar-refractivity contribution is 0.241. The van der Waals surface area contributed by atoms with Crippen LogP contribution in [0.25, 0.3) is 5.65 Å². The van der Waals surface area contributed by atoms with E-state index in [1.165, 1.54) is 5.56 Å². The molecule has 0 bridgehead atoms. The van der Waals surface area contributed by atoms with Gasteiger partial charge in [-0.15, -0.1) is 0 Å². The van der Waals surface area contributed by atoms with Crippen molar-refractivity contribution in [2.24, 2.45) is 0 Å². The Hall–Kier alpha value is -2.60. The van der Waals surface area contributed by atoms with Crippen LogP contribution in [0.3, 0.4) is 0 Å². The van der Waals surface area contributed by atoms with E-state index in [0.29, 0.717) is 12.2 Å². The lowest BCUT2D eigenvalue weighted by atomic mass is 9.93. The molecule has 3 heterocycles. The molecular formula is C21H26N4O2. The zero-order valence-electron chi connectivity index (χ0n) is 16.4. The topological polar surface area (TPSA) is 62.6 Å². The number of nitrogens with zero attached hydrogens (tertiary/aromatic N) is 3. The van der Waals surface area contributed by atoms with E-state index in [4.69, 9.17) is 9.72 Å². The number of fused-ring (bicyclic) bond motifs is 2. The van der Waals surface area contributed by atoms with Crippen LogP contribution in [0, 0.1) is 0 Å². The molecule has 0 amide bonds. The third kappa shape index (κ3) is 3.37. The number of H-pyrrole nitrogens is 1. The first kappa shape index (κ1) is 17.8. The lowest BCUT2D eigenvalue weighted by Gasteiger charge is -2.27. The molecule has 0 unspecified atom stereocenters. The molecule has 142 valence electrons. The molecular weight excluding hydrogens is 340 g/mol. The lowest BCUT2D eigenvalue weighted by Crippen LogP contribution is -2.36. The van der Waals surface area contributed by atoms with Crippen molar-refractivity contribution < 1.29 is 4.74 Å². The maximum Gasteiger partial charge on any atom is 0.277 e. The van der Waals surface area contributed by atoms with Crippen molar-refractivity contribution in [3.8, 4) is 5.75 Å². The molecule has 0 spiro atoms. The first-order chi connectivity index (χ1) is 12.8. The fraction of sp³-hybridized carbons (Fsp3) is 0.429. The summed E-state index contributed by atoms with van der Waals surface area (Å²) in [6, 6.07) is 10.1. The summed E-state index contributed by atoms with van der Waals surface area (Å²) in [5, 5.41) is 3.24. The van der Waals surface area contributed by atoms with Gasteiger partial charge in [-0.05, 0) is 17.7 Å². The number of hydrogen-bond acceptors (Lipinski definition) is 4. The van der Waals surface area contributed by atoms with Crippen LogP contribution in [0.1, 0.15) is 43.3 Å². The van der Waals surface area contributed by atoms with Gasteiger partial charge in [0.2, 0.25) is 0 Å². The second-order valence-corrected chi connectivity index (χ2v) is 8.26. The Balaban J connectivity index is 1.62. The molecule has 6 heteroatoms. The average Bonchev–Trinajstić information content (AvgIpc) is 3.08. The zero-order chi connectivity index (χ0) is 19.2. The van der Waals surface area contributed by atoms with Gasteiger partial charge in [0.1, 0.15) is 5.75 Å². The summed E-state index contributed by atoms with van der Waals surface area (Å²) in [5.41, 5.74) is 4.64. The molecule has 4 rings (SSSR count). The van der Waals surface area contributed by atoms with E-state index in [2.05, 4.69) is 42.9 Å². The molecule has 27 heavy (non-hydrogen) atoms. The monoisotopic (exact) mass is 366 g/mol. The van der Waals surface area contributed by atoms with Gasteiger partial charge in [-0.25, -0.2) is 9.50 Å². The van der Waals surface area contributed by atoms with E-state index in [1.54, 1.807) is 11.6 Å². The molecule has 0 radical (unpaired) electrons. The van der Waals surface area contributed by atoms with Crippen molar-refractivity contribution in [2.45, 2.75) is 45.7 Å². The quantitative estimate of drug-likeness (QED) is 0.774. The molecule has 1 aromatic carbocycles. The Labute approximate surface area is 158 Å². The highest BCUT2D eigenvalue weighted by molar-refractivity contribution is 5.43. The van der Waals surface area contributed by atoms with Crippen LogP contribution < -0.4 is 10.3 Å². The molecule has 1 aliphatic heterocycles. The molecule has 1 aliphatic rings. The summed E-state index contributed by atoms with van der Waals surface area (Å²) in [6.45, 7) is 8.71. The molecule has 1 N–H and O–H groups in total. The van der Waals surface area contributed by atoms with Crippen molar-refractivity contribution in [3.05, 3.63) is 63.2 Å². The van der Waals surface area contributed by atoms with Crippen LogP contribution in [0.2, 0.25) is 0 Å². The van der Waals surface area contributed by atoms with E-state index < -0.39 is 0 Å². The minimum absolute atomic E-state index is 0.0185. The second kappa shape index (κ2) is 6.53. The van der Waals surface area contributed by atoms with Gasteiger partial charge in [0.15, 0.2) is 5.65 Å². The van der Waals surface area contributed by atoms with E-state index in [1.807, 2.05) is 18.2 Å². The molecule has 3 aromatic rings. The average molecular weight is 366 g/mol.